The molecule has 1 atom stereocenters. The van der Waals surface area contributed by atoms with Gasteiger partial charge < -0.3 is 20.6 Å². The molecule has 96 valence electrons. The summed E-state index contributed by atoms with van der Waals surface area (Å²) in [6, 6.07) is -0.327. The third kappa shape index (κ3) is 4.96. The van der Waals surface area contributed by atoms with Crippen LogP contribution in [0.4, 0.5) is 4.79 Å². The fourth-order valence-corrected chi connectivity index (χ4v) is 1.92. The first kappa shape index (κ1) is 15.4. The predicted molar refractivity (Wildman–Crippen MR) is 67.2 cm³/mol. The normalized spacial score (nSPS) is 14.6. The van der Waals surface area contributed by atoms with E-state index < -0.39 is 14.4 Å². The van der Waals surface area contributed by atoms with Gasteiger partial charge in [-0.2, -0.15) is 0 Å². The Morgan fingerprint density at radius 3 is 2.31 bits per heavy atom. The van der Waals surface area contributed by atoms with Gasteiger partial charge in [-0.1, -0.05) is 20.8 Å². The van der Waals surface area contributed by atoms with Crippen molar-refractivity contribution in [1.29, 1.82) is 0 Å². The van der Waals surface area contributed by atoms with Gasteiger partial charge >= 0.3 is 6.09 Å². The van der Waals surface area contributed by atoms with Crippen LogP contribution in [0, 0.1) is 0 Å². The highest BCUT2D eigenvalue weighted by Crippen LogP contribution is 2.36. The first-order valence-electron chi connectivity index (χ1n) is 5.43. The summed E-state index contributed by atoms with van der Waals surface area (Å²) in [6.45, 7) is 11.3. The minimum atomic E-state index is -1.82. The number of nitrogens with one attached hydrogen (secondary N) is 1. The Kier molecular flexibility index (Phi) is 5.44. The quantitative estimate of drug-likeness (QED) is 0.645. The number of hydrogen-bond acceptors (Lipinski definition) is 3. The van der Waals surface area contributed by atoms with E-state index >= 15 is 0 Å². The van der Waals surface area contributed by atoms with Gasteiger partial charge in [0, 0.05) is 6.54 Å². The summed E-state index contributed by atoms with van der Waals surface area (Å²) in [5.41, 5.74) is 5.47. The highest BCUT2D eigenvalue weighted by Gasteiger charge is 2.37. The van der Waals surface area contributed by atoms with E-state index in [9.17, 15) is 4.79 Å². The molecule has 0 aliphatic heterocycles. The van der Waals surface area contributed by atoms with Crippen molar-refractivity contribution in [3.8, 4) is 0 Å². The van der Waals surface area contributed by atoms with E-state index in [1.54, 1.807) is 0 Å². The Hall–Kier alpha value is -0.593. The van der Waals surface area contributed by atoms with Gasteiger partial charge in [-0.15, -0.1) is 0 Å². The van der Waals surface area contributed by atoms with E-state index in [0.717, 1.165) is 0 Å². The number of amides is 1. The molecule has 0 radical (unpaired) electrons. The van der Waals surface area contributed by atoms with Crippen LogP contribution in [0.3, 0.4) is 0 Å². The largest absolute Gasteiger partial charge is 0.465 e. The molecule has 0 heterocycles. The maximum atomic E-state index is 10.5. The minimum absolute atomic E-state index is 0.120. The molecule has 6 heteroatoms. The van der Waals surface area contributed by atoms with E-state index in [0.29, 0.717) is 6.61 Å². The molecule has 4 N–H and O–H groups in total. The summed E-state index contributed by atoms with van der Waals surface area (Å²) >= 11 is 0. The molecule has 16 heavy (non-hydrogen) atoms. The minimum Gasteiger partial charge on any atom is -0.465 e. The molecule has 0 bridgehead atoms. The Morgan fingerprint density at radius 2 is 2.00 bits per heavy atom. The lowest BCUT2D eigenvalue weighted by Crippen LogP contribution is -2.48. The van der Waals surface area contributed by atoms with Gasteiger partial charge in [0.2, 0.25) is 0 Å². The van der Waals surface area contributed by atoms with Crippen molar-refractivity contribution in [3.05, 3.63) is 0 Å². The van der Waals surface area contributed by atoms with Crippen LogP contribution >= 0.6 is 0 Å². The Balaban J connectivity index is 4.26. The maximum absolute atomic E-state index is 10.5. The fraction of sp³-hybridized carbons (Fsp3) is 0.900. The van der Waals surface area contributed by atoms with Crippen molar-refractivity contribution in [3.63, 3.8) is 0 Å². The zero-order valence-corrected chi connectivity index (χ0v) is 11.8. The van der Waals surface area contributed by atoms with Crippen LogP contribution in [-0.4, -0.2) is 38.7 Å². The van der Waals surface area contributed by atoms with E-state index in [1.165, 1.54) is 0 Å². The van der Waals surface area contributed by atoms with Crippen LogP contribution in [0.15, 0.2) is 0 Å². The van der Waals surface area contributed by atoms with Crippen molar-refractivity contribution in [2.24, 2.45) is 5.73 Å². The number of carboxylic acid groups (broad SMARTS) is 1. The van der Waals surface area contributed by atoms with Crippen molar-refractivity contribution in [1.82, 2.24) is 5.32 Å². The van der Waals surface area contributed by atoms with Gasteiger partial charge in [-0.05, 0) is 18.1 Å². The van der Waals surface area contributed by atoms with Gasteiger partial charge in [0.05, 0.1) is 12.6 Å². The standard InChI is InChI=1S/C10H24N2O3Si/c1-10(2,3)16(4,5)15-7-8(6-11)12-9(13)14/h8,12H,6-7,11H2,1-5H3,(H,13,14). The van der Waals surface area contributed by atoms with E-state index in [2.05, 4.69) is 39.2 Å². The summed E-state index contributed by atoms with van der Waals surface area (Å²) in [5, 5.41) is 11.1. The first-order valence-corrected chi connectivity index (χ1v) is 8.34. The van der Waals surface area contributed by atoms with E-state index in [4.69, 9.17) is 15.3 Å². The van der Waals surface area contributed by atoms with Crippen LogP contribution in [0.25, 0.3) is 0 Å². The fourth-order valence-electron chi connectivity index (χ4n) is 0.869. The summed E-state index contributed by atoms with van der Waals surface area (Å²) in [4.78, 5) is 10.5. The summed E-state index contributed by atoms with van der Waals surface area (Å²) in [5.74, 6) is 0. The summed E-state index contributed by atoms with van der Waals surface area (Å²) < 4.78 is 5.88. The molecule has 0 saturated carbocycles. The molecule has 0 spiro atoms. The molecule has 0 aromatic carbocycles. The molecule has 0 aromatic heterocycles. The first-order chi connectivity index (χ1) is 7.10. The second-order valence-electron chi connectivity index (χ2n) is 5.45. The molecule has 0 aliphatic carbocycles. The number of nitrogens with two attached hydrogens (primary N) is 1. The topological polar surface area (TPSA) is 84.6 Å². The van der Waals surface area contributed by atoms with E-state index in [-0.39, 0.29) is 17.6 Å². The summed E-state index contributed by atoms with van der Waals surface area (Å²) in [6.07, 6.45) is -1.06. The van der Waals surface area contributed by atoms with E-state index in [1.807, 2.05) is 0 Å². The lowest BCUT2D eigenvalue weighted by atomic mass is 10.2. The molecule has 1 amide bonds. The van der Waals surface area contributed by atoms with Crippen molar-refractivity contribution < 1.29 is 14.3 Å². The average molecular weight is 248 g/mol. The lowest BCUT2D eigenvalue weighted by Gasteiger charge is -2.37. The Morgan fingerprint density at radius 1 is 1.50 bits per heavy atom. The Labute approximate surface area is 98.5 Å². The van der Waals surface area contributed by atoms with Crippen molar-refractivity contribution in [2.75, 3.05) is 13.2 Å². The van der Waals surface area contributed by atoms with Gasteiger partial charge in [0.25, 0.3) is 0 Å². The zero-order chi connectivity index (χ0) is 13.0. The number of carbonyl (C=O) groups is 1. The van der Waals surface area contributed by atoms with Crippen LogP contribution in [0.5, 0.6) is 0 Å². The SMILES string of the molecule is CC(C)(C)[Si](C)(C)OCC(CN)NC(=O)O. The van der Waals surface area contributed by atoms with Crippen molar-refractivity contribution >= 4 is 14.4 Å². The van der Waals surface area contributed by atoms with Gasteiger partial charge in [0.1, 0.15) is 0 Å². The average Bonchev–Trinajstić information content (AvgIpc) is 2.09. The molecular weight excluding hydrogens is 224 g/mol. The van der Waals surface area contributed by atoms with Crippen LogP contribution in [0.1, 0.15) is 20.8 Å². The molecule has 0 saturated heterocycles. The van der Waals surface area contributed by atoms with Crippen LogP contribution in [0.2, 0.25) is 18.1 Å². The Bertz CT molecular complexity index is 239. The zero-order valence-electron chi connectivity index (χ0n) is 10.8. The molecule has 0 fully saturated rings. The smallest absolute Gasteiger partial charge is 0.405 e. The third-order valence-electron chi connectivity index (χ3n) is 3.06. The molecule has 0 rings (SSSR count). The van der Waals surface area contributed by atoms with Crippen LogP contribution < -0.4 is 11.1 Å². The molecule has 0 aliphatic rings. The van der Waals surface area contributed by atoms with Gasteiger partial charge in [0.15, 0.2) is 8.32 Å². The van der Waals surface area contributed by atoms with Gasteiger partial charge in [-0.25, -0.2) is 4.79 Å². The predicted octanol–water partition coefficient (Wildman–Crippen LogP) is 1.60. The van der Waals surface area contributed by atoms with Crippen molar-refractivity contribution in [2.45, 2.75) is 44.9 Å². The number of hydrogen-bond donors (Lipinski definition) is 3. The molecular formula is C10H24N2O3Si. The lowest BCUT2D eigenvalue weighted by molar-refractivity contribution is 0.179. The highest BCUT2D eigenvalue weighted by atomic mass is 28.4. The maximum Gasteiger partial charge on any atom is 0.405 e. The monoisotopic (exact) mass is 248 g/mol. The second-order valence-corrected chi connectivity index (χ2v) is 10.3. The summed E-state index contributed by atoms with van der Waals surface area (Å²) in [7, 11) is -1.82. The van der Waals surface area contributed by atoms with Crippen LogP contribution in [-0.2, 0) is 4.43 Å². The van der Waals surface area contributed by atoms with Gasteiger partial charge in [-0.3, -0.25) is 0 Å². The third-order valence-corrected chi connectivity index (χ3v) is 7.56. The second kappa shape index (κ2) is 5.65. The highest BCUT2D eigenvalue weighted by molar-refractivity contribution is 6.74. The molecule has 5 nitrogen and oxygen atoms in total. The molecule has 1 unspecified atom stereocenters. The number of rotatable bonds is 5. The molecule has 0 aromatic rings.